The molecule has 3 aromatic carbocycles. The van der Waals surface area contributed by atoms with Crippen molar-refractivity contribution in [2.75, 3.05) is 0 Å². The van der Waals surface area contributed by atoms with Crippen molar-refractivity contribution in [1.82, 2.24) is 0 Å². The largest absolute Gasteiger partial charge is 0.489 e. The van der Waals surface area contributed by atoms with E-state index in [4.69, 9.17) is 4.74 Å². The number of rotatable bonds is 6. The second-order valence-corrected chi connectivity index (χ2v) is 8.97. The summed E-state index contributed by atoms with van der Waals surface area (Å²) in [6.45, 7) is 3.82. The summed E-state index contributed by atoms with van der Waals surface area (Å²) in [5, 5.41) is 0. The van der Waals surface area contributed by atoms with Crippen molar-refractivity contribution >= 4 is 0 Å². The molecule has 0 aliphatic heterocycles. The van der Waals surface area contributed by atoms with E-state index in [-0.39, 0.29) is 23.7 Å². The first-order chi connectivity index (χ1) is 15.9. The van der Waals surface area contributed by atoms with Crippen molar-refractivity contribution in [3.8, 4) is 16.9 Å². The maximum absolute atomic E-state index is 14.9. The molecule has 174 valence electrons. The van der Waals surface area contributed by atoms with Crippen molar-refractivity contribution in [3.63, 3.8) is 0 Å². The molecule has 0 N–H and O–H groups in total. The number of ether oxygens (including phenoxy) is 1. The fraction of sp³-hybridized carbons (Fsp3) is 0.357. The lowest BCUT2D eigenvalue weighted by atomic mass is 9.79. The molecule has 0 atom stereocenters. The average molecular weight is 457 g/mol. The first-order valence-corrected chi connectivity index (χ1v) is 11.6. The second kappa shape index (κ2) is 9.98. The van der Waals surface area contributed by atoms with Gasteiger partial charge < -0.3 is 4.74 Å². The molecule has 0 radical (unpaired) electrons. The predicted octanol–water partition coefficient (Wildman–Crippen LogP) is 8.35. The molecule has 0 heterocycles. The minimum absolute atomic E-state index is 0.0668. The zero-order valence-corrected chi connectivity index (χ0v) is 18.9. The van der Waals surface area contributed by atoms with Crippen molar-refractivity contribution in [1.29, 1.82) is 0 Å². The van der Waals surface area contributed by atoms with Gasteiger partial charge in [-0.3, -0.25) is 0 Å². The third-order valence-corrected chi connectivity index (χ3v) is 6.75. The summed E-state index contributed by atoms with van der Waals surface area (Å²) in [5.74, 6) is -2.23. The van der Waals surface area contributed by atoms with E-state index in [1.165, 1.54) is 6.07 Å². The summed E-state index contributed by atoms with van der Waals surface area (Å²) in [6, 6.07) is 12.9. The zero-order valence-electron chi connectivity index (χ0n) is 18.9. The van der Waals surface area contributed by atoms with E-state index >= 15 is 0 Å². The monoisotopic (exact) mass is 456 g/mol. The first-order valence-electron chi connectivity index (χ1n) is 11.6. The lowest BCUT2D eigenvalue weighted by molar-refractivity contribution is 0.297. The molecule has 5 heteroatoms. The molecule has 4 rings (SSSR count). The van der Waals surface area contributed by atoms with E-state index < -0.39 is 23.3 Å². The van der Waals surface area contributed by atoms with Crippen LogP contribution in [0.15, 0.2) is 48.5 Å². The lowest BCUT2D eigenvalue weighted by Crippen LogP contribution is -2.13. The summed E-state index contributed by atoms with van der Waals surface area (Å²) in [4.78, 5) is 0. The van der Waals surface area contributed by atoms with E-state index in [1.54, 1.807) is 49.4 Å². The van der Waals surface area contributed by atoms with Gasteiger partial charge in [-0.15, -0.1) is 0 Å². The molecular formula is C28H28F4O. The normalized spacial score (nSPS) is 18.4. The van der Waals surface area contributed by atoms with Gasteiger partial charge in [-0.05, 0) is 59.9 Å². The second-order valence-electron chi connectivity index (χ2n) is 8.97. The van der Waals surface area contributed by atoms with E-state index in [9.17, 15) is 17.6 Å². The molecule has 33 heavy (non-hydrogen) atoms. The van der Waals surface area contributed by atoms with Crippen LogP contribution in [-0.4, -0.2) is 0 Å². The summed E-state index contributed by atoms with van der Waals surface area (Å²) in [5.41, 5.74) is 1.61. The first kappa shape index (κ1) is 23.3. The number of hydrogen-bond acceptors (Lipinski definition) is 1. The van der Waals surface area contributed by atoms with Gasteiger partial charge in [-0.2, -0.15) is 0 Å². The van der Waals surface area contributed by atoms with Crippen LogP contribution in [0.25, 0.3) is 11.1 Å². The van der Waals surface area contributed by atoms with Gasteiger partial charge in [-0.25, -0.2) is 17.6 Å². The number of hydrogen-bond donors (Lipinski definition) is 0. The van der Waals surface area contributed by atoms with Crippen LogP contribution in [0.2, 0.25) is 0 Å². The maximum Gasteiger partial charge on any atom is 0.166 e. The Morgan fingerprint density at radius 2 is 1.36 bits per heavy atom. The highest BCUT2D eigenvalue weighted by molar-refractivity contribution is 5.65. The minimum atomic E-state index is -0.906. The molecule has 1 aliphatic carbocycles. The lowest BCUT2D eigenvalue weighted by Gasteiger charge is -2.27. The van der Waals surface area contributed by atoms with Crippen molar-refractivity contribution in [2.24, 2.45) is 5.92 Å². The van der Waals surface area contributed by atoms with Gasteiger partial charge in [0.05, 0.1) is 0 Å². The zero-order chi connectivity index (χ0) is 23.5. The van der Waals surface area contributed by atoms with Gasteiger partial charge in [-0.1, -0.05) is 63.1 Å². The van der Waals surface area contributed by atoms with Gasteiger partial charge in [0.1, 0.15) is 12.4 Å². The molecular weight excluding hydrogens is 428 g/mol. The minimum Gasteiger partial charge on any atom is -0.489 e. The van der Waals surface area contributed by atoms with E-state index in [1.807, 2.05) is 0 Å². The van der Waals surface area contributed by atoms with E-state index in [0.717, 1.165) is 25.7 Å². The molecule has 3 aromatic rings. The summed E-state index contributed by atoms with van der Waals surface area (Å²) >= 11 is 0. The van der Waals surface area contributed by atoms with Gasteiger partial charge in [0, 0.05) is 11.1 Å². The topological polar surface area (TPSA) is 9.23 Å². The SMILES string of the molecule is CCc1ccc(COc2ccc(-c3ccc(C4CCC(C)CC4)c(F)c3F)cc2)c(F)c1F. The highest BCUT2D eigenvalue weighted by Crippen LogP contribution is 2.38. The van der Waals surface area contributed by atoms with Crippen molar-refractivity contribution in [3.05, 3.63) is 88.5 Å². The molecule has 1 aliphatic rings. The van der Waals surface area contributed by atoms with Crippen LogP contribution >= 0.6 is 0 Å². The smallest absolute Gasteiger partial charge is 0.166 e. The van der Waals surface area contributed by atoms with E-state index in [0.29, 0.717) is 34.8 Å². The maximum atomic E-state index is 14.9. The van der Waals surface area contributed by atoms with Gasteiger partial charge in [0.25, 0.3) is 0 Å². The molecule has 0 amide bonds. The van der Waals surface area contributed by atoms with Gasteiger partial charge in [0.15, 0.2) is 23.3 Å². The molecule has 0 aromatic heterocycles. The fourth-order valence-corrected chi connectivity index (χ4v) is 4.58. The Morgan fingerprint density at radius 3 is 2.03 bits per heavy atom. The predicted molar refractivity (Wildman–Crippen MR) is 122 cm³/mol. The Labute approximate surface area is 192 Å². The third kappa shape index (κ3) is 4.92. The number of halogens is 4. The quantitative estimate of drug-likeness (QED) is 0.339. The highest BCUT2D eigenvalue weighted by atomic mass is 19.2. The van der Waals surface area contributed by atoms with Crippen molar-refractivity contribution < 1.29 is 22.3 Å². The third-order valence-electron chi connectivity index (χ3n) is 6.75. The van der Waals surface area contributed by atoms with Crippen LogP contribution in [0.3, 0.4) is 0 Å². The Bertz CT molecular complexity index is 1120. The standard InChI is InChI=1S/C28H28F4O/c1-3-18-8-9-21(26(30)25(18)29)16-33-22-12-10-20(11-13-22)24-15-14-23(27(31)28(24)32)19-6-4-17(2)5-7-19/h8-15,17,19H,3-7,16H2,1-2H3. The highest BCUT2D eigenvalue weighted by Gasteiger charge is 2.25. The molecule has 0 spiro atoms. The summed E-state index contributed by atoms with van der Waals surface area (Å²) in [7, 11) is 0. The van der Waals surface area contributed by atoms with Crippen LogP contribution in [0.1, 0.15) is 62.1 Å². The molecule has 1 fully saturated rings. The fourth-order valence-electron chi connectivity index (χ4n) is 4.58. The molecule has 0 saturated heterocycles. The average Bonchev–Trinajstić information content (AvgIpc) is 2.83. The van der Waals surface area contributed by atoms with Crippen LogP contribution in [0, 0.1) is 29.2 Å². The van der Waals surface area contributed by atoms with Crippen molar-refractivity contribution in [2.45, 2.75) is 58.5 Å². The Kier molecular flexibility index (Phi) is 7.06. The number of aryl methyl sites for hydroxylation is 1. The number of benzene rings is 3. The van der Waals surface area contributed by atoms with Crippen LogP contribution in [-0.2, 0) is 13.0 Å². The molecule has 1 saturated carbocycles. The Morgan fingerprint density at radius 1 is 0.727 bits per heavy atom. The Hall–Kier alpha value is -2.82. The Balaban J connectivity index is 1.47. The van der Waals surface area contributed by atoms with E-state index in [2.05, 4.69) is 6.92 Å². The van der Waals surface area contributed by atoms with Crippen LogP contribution < -0.4 is 4.74 Å². The molecule has 1 nitrogen and oxygen atoms in total. The van der Waals surface area contributed by atoms with Crippen LogP contribution in [0.5, 0.6) is 5.75 Å². The molecule has 0 bridgehead atoms. The van der Waals surface area contributed by atoms with Crippen LogP contribution in [0.4, 0.5) is 17.6 Å². The molecule has 0 unspecified atom stereocenters. The summed E-state index contributed by atoms with van der Waals surface area (Å²) in [6.07, 6.45) is 4.24. The van der Waals surface area contributed by atoms with Gasteiger partial charge in [0.2, 0.25) is 0 Å². The summed E-state index contributed by atoms with van der Waals surface area (Å²) < 4.78 is 63.5. The van der Waals surface area contributed by atoms with Gasteiger partial charge >= 0.3 is 0 Å².